The number of nitrogens with one attached hydrogen (secondary N) is 1. The van der Waals surface area contributed by atoms with Crippen LogP contribution in [-0.4, -0.2) is 97.1 Å². The number of hydrogen-bond acceptors (Lipinski definition) is 6. The minimum atomic E-state index is -0.711. The zero-order valence-corrected chi connectivity index (χ0v) is 20.7. The molecular weight excluding hydrogens is 422 g/mol. The highest BCUT2D eigenvalue weighted by Gasteiger charge is 2.30. The molecule has 190 valence electrons. The van der Waals surface area contributed by atoms with Crippen molar-refractivity contribution < 1.29 is 19.1 Å². The maximum Gasteiger partial charge on any atom is 0.404 e. The van der Waals surface area contributed by atoms with Crippen LogP contribution in [0.2, 0.25) is 0 Å². The van der Waals surface area contributed by atoms with Crippen LogP contribution in [0.4, 0.5) is 4.79 Å². The zero-order chi connectivity index (χ0) is 24.1. The summed E-state index contributed by atoms with van der Waals surface area (Å²) in [4.78, 5) is 42.3. The number of primary amides is 1. The number of likely N-dealkylation sites (N-methyl/N-ethyl adjacent to an activating group) is 1. The third kappa shape index (κ3) is 9.88. The summed E-state index contributed by atoms with van der Waals surface area (Å²) in [6.45, 7) is 10.7. The van der Waals surface area contributed by atoms with E-state index in [0.717, 1.165) is 90.8 Å². The van der Waals surface area contributed by atoms with Crippen molar-refractivity contribution in [2.45, 2.75) is 83.8 Å². The van der Waals surface area contributed by atoms with Gasteiger partial charge >= 0.3 is 6.09 Å². The summed E-state index contributed by atoms with van der Waals surface area (Å²) in [6.07, 6.45) is 7.57. The number of hydrogen-bond donors (Lipinski definition) is 2. The predicted molar refractivity (Wildman–Crippen MR) is 129 cm³/mol. The Balaban J connectivity index is 1.54. The zero-order valence-electron chi connectivity index (χ0n) is 20.7. The normalized spacial score (nSPS) is 20.4. The first kappa shape index (κ1) is 27.4. The van der Waals surface area contributed by atoms with Crippen LogP contribution in [0.15, 0.2) is 0 Å². The first-order chi connectivity index (χ1) is 15.9. The van der Waals surface area contributed by atoms with Crippen LogP contribution in [0.5, 0.6) is 0 Å². The molecule has 3 N–H and O–H groups in total. The molecule has 2 rings (SSSR count). The molecule has 0 aromatic carbocycles. The fourth-order valence-electron chi connectivity index (χ4n) is 4.89. The summed E-state index contributed by atoms with van der Waals surface area (Å²) >= 11 is 0. The van der Waals surface area contributed by atoms with E-state index < -0.39 is 6.09 Å². The van der Waals surface area contributed by atoms with E-state index >= 15 is 0 Å². The Labute approximate surface area is 199 Å². The summed E-state index contributed by atoms with van der Waals surface area (Å²) in [5.41, 5.74) is 5.07. The Morgan fingerprint density at radius 2 is 1.70 bits per heavy atom. The van der Waals surface area contributed by atoms with E-state index in [4.69, 9.17) is 10.5 Å². The Morgan fingerprint density at radius 3 is 2.36 bits per heavy atom. The van der Waals surface area contributed by atoms with E-state index in [9.17, 15) is 14.4 Å². The first-order valence-electron chi connectivity index (χ1n) is 12.9. The van der Waals surface area contributed by atoms with Gasteiger partial charge in [-0.15, -0.1) is 0 Å². The molecule has 1 atom stereocenters. The molecule has 0 aliphatic carbocycles. The van der Waals surface area contributed by atoms with E-state index in [-0.39, 0.29) is 24.0 Å². The lowest BCUT2D eigenvalue weighted by atomic mass is 10.00. The summed E-state index contributed by atoms with van der Waals surface area (Å²) in [7, 11) is 0. The van der Waals surface area contributed by atoms with Crippen molar-refractivity contribution in [2.75, 3.05) is 52.4 Å². The van der Waals surface area contributed by atoms with Crippen molar-refractivity contribution in [1.82, 2.24) is 20.0 Å². The second kappa shape index (κ2) is 15.1. The van der Waals surface area contributed by atoms with E-state index in [0.29, 0.717) is 13.0 Å². The molecule has 2 saturated heterocycles. The van der Waals surface area contributed by atoms with Gasteiger partial charge in [-0.2, -0.15) is 0 Å². The van der Waals surface area contributed by atoms with Gasteiger partial charge in [0.05, 0.1) is 6.04 Å². The average Bonchev–Trinajstić information content (AvgIpc) is 2.81. The fraction of sp³-hybridized carbons (Fsp3) is 0.875. The van der Waals surface area contributed by atoms with Gasteiger partial charge in [0.25, 0.3) is 0 Å². The van der Waals surface area contributed by atoms with Crippen molar-refractivity contribution in [2.24, 2.45) is 5.73 Å². The first-order valence-corrected chi connectivity index (χ1v) is 12.9. The highest BCUT2D eigenvalue weighted by Crippen LogP contribution is 2.20. The number of likely N-dealkylation sites (tertiary alicyclic amines) is 2. The van der Waals surface area contributed by atoms with Crippen LogP contribution in [-0.2, 0) is 14.3 Å². The standard InChI is InChI=1S/C24H45N5O4/c1-3-28(4-2)23(31)21-10-6-9-16-29(21)15-8-5-7-14-26-22(30)13-19-27-17-11-20(12-18-27)33-24(25)32/h20-21H,3-19H2,1-2H3,(H2,25,32)(H,26,30). The number of amides is 3. The van der Waals surface area contributed by atoms with Gasteiger partial charge in [0.15, 0.2) is 0 Å². The molecular formula is C24H45N5O4. The van der Waals surface area contributed by atoms with Gasteiger partial charge in [0.2, 0.25) is 11.8 Å². The van der Waals surface area contributed by atoms with Gasteiger partial charge < -0.3 is 25.6 Å². The molecule has 0 aromatic rings. The molecule has 0 spiro atoms. The third-order valence-electron chi connectivity index (χ3n) is 6.89. The highest BCUT2D eigenvalue weighted by molar-refractivity contribution is 5.82. The van der Waals surface area contributed by atoms with Crippen molar-refractivity contribution in [3.63, 3.8) is 0 Å². The number of carbonyl (C=O) groups is 3. The predicted octanol–water partition coefficient (Wildman–Crippen LogP) is 1.95. The minimum absolute atomic E-state index is 0.0470. The van der Waals surface area contributed by atoms with E-state index in [2.05, 4.69) is 15.1 Å². The van der Waals surface area contributed by atoms with Gasteiger partial charge in [-0.25, -0.2) is 4.79 Å². The lowest BCUT2D eigenvalue weighted by Crippen LogP contribution is -2.51. The van der Waals surface area contributed by atoms with E-state index in [1.165, 1.54) is 6.42 Å². The second-order valence-corrected chi connectivity index (χ2v) is 9.20. The number of unbranched alkanes of at least 4 members (excludes halogenated alkanes) is 2. The lowest BCUT2D eigenvalue weighted by molar-refractivity contribution is -0.138. The van der Waals surface area contributed by atoms with Gasteiger partial charge in [0, 0.05) is 45.7 Å². The molecule has 9 heteroatoms. The number of piperidine rings is 2. The van der Waals surface area contributed by atoms with Gasteiger partial charge in [0.1, 0.15) is 6.10 Å². The summed E-state index contributed by atoms with van der Waals surface area (Å²) < 4.78 is 5.04. The highest BCUT2D eigenvalue weighted by atomic mass is 16.6. The lowest BCUT2D eigenvalue weighted by Gasteiger charge is -2.37. The van der Waals surface area contributed by atoms with Crippen LogP contribution in [0.1, 0.15) is 71.6 Å². The maximum atomic E-state index is 12.8. The van der Waals surface area contributed by atoms with Crippen LogP contribution >= 0.6 is 0 Å². The fourth-order valence-corrected chi connectivity index (χ4v) is 4.89. The van der Waals surface area contributed by atoms with Crippen molar-refractivity contribution in [1.29, 1.82) is 0 Å². The van der Waals surface area contributed by atoms with E-state index in [1.54, 1.807) is 0 Å². The maximum absolute atomic E-state index is 12.8. The Kier molecular flexibility index (Phi) is 12.5. The number of nitrogens with zero attached hydrogens (tertiary/aromatic N) is 3. The molecule has 9 nitrogen and oxygen atoms in total. The molecule has 2 fully saturated rings. The monoisotopic (exact) mass is 467 g/mol. The van der Waals surface area contributed by atoms with Crippen molar-refractivity contribution in [3.8, 4) is 0 Å². The molecule has 3 amide bonds. The number of carbonyl (C=O) groups excluding carboxylic acids is 3. The molecule has 0 radical (unpaired) electrons. The van der Waals surface area contributed by atoms with Crippen LogP contribution in [0, 0.1) is 0 Å². The molecule has 2 aliphatic heterocycles. The SMILES string of the molecule is CCN(CC)C(=O)C1CCCCN1CCCCCNC(=O)CCN1CCC(OC(N)=O)CC1. The molecule has 33 heavy (non-hydrogen) atoms. The topological polar surface area (TPSA) is 108 Å². The quantitative estimate of drug-likeness (QED) is 0.401. The van der Waals surface area contributed by atoms with Gasteiger partial charge in [-0.1, -0.05) is 12.8 Å². The molecule has 2 aliphatic rings. The minimum Gasteiger partial charge on any atom is -0.446 e. The molecule has 1 unspecified atom stereocenters. The van der Waals surface area contributed by atoms with Crippen molar-refractivity contribution in [3.05, 3.63) is 0 Å². The Bertz CT molecular complexity index is 606. The smallest absolute Gasteiger partial charge is 0.404 e. The second-order valence-electron chi connectivity index (χ2n) is 9.20. The number of rotatable bonds is 13. The molecule has 0 aromatic heterocycles. The van der Waals surface area contributed by atoms with Crippen LogP contribution < -0.4 is 11.1 Å². The van der Waals surface area contributed by atoms with Crippen LogP contribution in [0.25, 0.3) is 0 Å². The molecule has 2 heterocycles. The average molecular weight is 468 g/mol. The summed E-state index contributed by atoms with van der Waals surface area (Å²) in [5.74, 6) is 0.378. The summed E-state index contributed by atoms with van der Waals surface area (Å²) in [5, 5.41) is 3.03. The Hall–Kier alpha value is -1.87. The summed E-state index contributed by atoms with van der Waals surface area (Å²) in [6, 6.07) is 0.0470. The Morgan fingerprint density at radius 1 is 0.970 bits per heavy atom. The van der Waals surface area contributed by atoms with E-state index in [1.807, 2.05) is 18.7 Å². The number of nitrogens with two attached hydrogens (primary N) is 1. The third-order valence-corrected chi connectivity index (χ3v) is 6.89. The molecule has 0 saturated carbocycles. The largest absolute Gasteiger partial charge is 0.446 e. The van der Waals surface area contributed by atoms with Crippen LogP contribution in [0.3, 0.4) is 0 Å². The molecule has 0 bridgehead atoms. The van der Waals surface area contributed by atoms with Crippen molar-refractivity contribution >= 4 is 17.9 Å². The van der Waals surface area contributed by atoms with Gasteiger partial charge in [-0.05, 0) is 65.5 Å². The number of ether oxygens (including phenoxy) is 1. The van der Waals surface area contributed by atoms with Gasteiger partial charge in [-0.3, -0.25) is 14.5 Å².